The fourth-order valence-corrected chi connectivity index (χ4v) is 8.66. The third kappa shape index (κ3) is 18.4. The molecular formula is C45H60N2O12S2. The van der Waals surface area contributed by atoms with Crippen LogP contribution in [0, 0.1) is 19.8 Å². The zero-order chi connectivity index (χ0) is 44.3. The van der Waals surface area contributed by atoms with E-state index < -0.39 is 57.0 Å². The molecule has 1 fully saturated rings. The smallest absolute Gasteiger partial charge is 0.306 e. The third-order valence-corrected chi connectivity index (χ3v) is 12.3. The Kier molecular flexibility index (Phi) is 20.3. The van der Waals surface area contributed by atoms with E-state index in [0.29, 0.717) is 46.2 Å². The largest absolute Gasteiger partial charge is 0.460 e. The number of sulfone groups is 1. The van der Waals surface area contributed by atoms with E-state index in [9.17, 15) is 27.6 Å². The quantitative estimate of drug-likeness (QED) is 0.109. The van der Waals surface area contributed by atoms with E-state index >= 15 is 0 Å². The topological polar surface area (TPSA) is 182 Å². The van der Waals surface area contributed by atoms with Gasteiger partial charge in [0, 0.05) is 40.7 Å². The molecule has 1 aliphatic rings. The van der Waals surface area contributed by atoms with Crippen molar-refractivity contribution in [3.63, 3.8) is 0 Å². The lowest BCUT2D eigenvalue weighted by molar-refractivity contribution is -0.155. The zero-order valence-corrected chi connectivity index (χ0v) is 37.4. The van der Waals surface area contributed by atoms with Crippen LogP contribution in [0.3, 0.4) is 0 Å². The molecule has 3 atom stereocenters. The van der Waals surface area contributed by atoms with E-state index in [0.717, 1.165) is 16.0 Å². The Bertz CT molecular complexity index is 1930. The molecule has 2 amide bonds. The maximum Gasteiger partial charge on any atom is 0.306 e. The van der Waals surface area contributed by atoms with Gasteiger partial charge in [-0.3, -0.25) is 19.2 Å². The summed E-state index contributed by atoms with van der Waals surface area (Å²) in [6.07, 6.45) is -0.762. The number of benzene rings is 3. The molecule has 0 radical (unpaired) electrons. The van der Waals surface area contributed by atoms with Crippen molar-refractivity contribution >= 4 is 45.2 Å². The lowest BCUT2D eigenvalue weighted by Crippen LogP contribution is -2.49. The van der Waals surface area contributed by atoms with Gasteiger partial charge in [-0.1, -0.05) is 47.5 Å². The predicted octanol–water partition coefficient (Wildman–Crippen LogP) is 5.17. The molecule has 0 aliphatic carbocycles. The Labute approximate surface area is 364 Å². The lowest BCUT2D eigenvalue weighted by atomic mass is 9.99. The molecule has 16 heteroatoms. The van der Waals surface area contributed by atoms with Gasteiger partial charge in [0.15, 0.2) is 15.6 Å². The second kappa shape index (κ2) is 25.1. The SMILES string of the molecule is Cc1ccc(SCC(CS(=O)(=O)c2ccc(C)cc2)C(=O)c2ccc(C(=O)N[C@@H](CCC(=O)OC(C)(C)C)C(=O)NCC3COCCOCCOCCOCCO3)cc2)cc1. The molecule has 2 N–H and O–H groups in total. The van der Waals surface area contributed by atoms with E-state index in [1.807, 2.05) is 38.1 Å². The van der Waals surface area contributed by atoms with E-state index in [1.54, 1.807) is 45.0 Å². The average Bonchev–Trinajstić information content (AvgIpc) is 3.23. The summed E-state index contributed by atoms with van der Waals surface area (Å²) in [5, 5.41) is 5.56. The molecule has 0 aromatic heterocycles. The van der Waals surface area contributed by atoms with Gasteiger partial charge in [-0.05, 0) is 77.4 Å². The van der Waals surface area contributed by atoms with Gasteiger partial charge >= 0.3 is 5.97 Å². The second-order valence-electron chi connectivity index (χ2n) is 15.7. The van der Waals surface area contributed by atoms with Crippen LogP contribution in [-0.2, 0) is 47.8 Å². The average molecular weight is 885 g/mol. The number of ketones is 1. The molecule has 61 heavy (non-hydrogen) atoms. The number of hydrogen-bond acceptors (Lipinski definition) is 13. The highest BCUT2D eigenvalue weighted by Gasteiger charge is 2.29. The van der Waals surface area contributed by atoms with Gasteiger partial charge < -0.3 is 39.1 Å². The van der Waals surface area contributed by atoms with Crippen molar-refractivity contribution in [2.75, 3.05) is 77.5 Å². The van der Waals surface area contributed by atoms with Crippen LogP contribution < -0.4 is 10.6 Å². The number of amides is 2. The summed E-state index contributed by atoms with van der Waals surface area (Å²) in [5.74, 6) is -3.19. The van der Waals surface area contributed by atoms with Crippen molar-refractivity contribution in [3.05, 3.63) is 95.1 Å². The summed E-state index contributed by atoms with van der Waals surface area (Å²) in [4.78, 5) is 55.0. The number of esters is 1. The first-order valence-corrected chi connectivity index (χ1v) is 23.1. The van der Waals surface area contributed by atoms with Crippen LogP contribution in [0.25, 0.3) is 0 Å². The van der Waals surface area contributed by atoms with Crippen LogP contribution in [0.1, 0.15) is 65.5 Å². The minimum atomic E-state index is -3.83. The second-order valence-corrected chi connectivity index (χ2v) is 18.8. The van der Waals surface area contributed by atoms with Crippen molar-refractivity contribution < 1.29 is 56.0 Å². The van der Waals surface area contributed by atoms with E-state index in [2.05, 4.69) is 10.6 Å². The molecule has 4 rings (SSSR count). The normalized spacial score (nSPS) is 17.2. The number of ether oxygens (including phenoxy) is 6. The van der Waals surface area contributed by atoms with Crippen molar-refractivity contribution in [2.45, 2.75) is 75.0 Å². The number of aryl methyl sites for hydroxylation is 2. The predicted molar refractivity (Wildman–Crippen MR) is 232 cm³/mol. The Hall–Kier alpha value is -4.16. The number of nitrogens with one attached hydrogen (secondary N) is 2. The molecule has 3 aromatic carbocycles. The van der Waals surface area contributed by atoms with Crippen molar-refractivity contribution in [1.82, 2.24) is 10.6 Å². The van der Waals surface area contributed by atoms with Crippen LogP contribution in [0.15, 0.2) is 82.6 Å². The molecule has 2 unspecified atom stereocenters. The van der Waals surface area contributed by atoms with Crippen LogP contribution in [0.2, 0.25) is 0 Å². The van der Waals surface area contributed by atoms with Crippen LogP contribution in [0.4, 0.5) is 0 Å². The summed E-state index contributed by atoms with van der Waals surface area (Å²) >= 11 is 1.40. The number of carbonyl (C=O) groups is 4. The maximum absolute atomic E-state index is 14.0. The number of Topliss-reactive ketones (excluding diaryl/α,β-unsaturated/α-hetero) is 1. The first kappa shape index (κ1) is 49.5. The molecule has 14 nitrogen and oxygen atoms in total. The van der Waals surface area contributed by atoms with Crippen molar-refractivity contribution in [1.29, 1.82) is 0 Å². The molecule has 334 valence electrons. The highest BCUT2D eigenvalue weighted by atomic mass is 32.2. The van der Waals surface area contributed by atoms with Gasteiger partial charge in [0.05, 0.1) is 76.2 Å². The van der Waals surface area contributed by atoms with E-state index in [1.165, 1.54) is 36.0 Å². The first-order valence-electron chi connectivity index (χ1n) is 20.5. The molecule has 3 aromatic rings. The Morgan fingerprint density at radius 2 is 1.30 bits per heavy atom. The number of carbonyl (C=O) groups excluding carboxylic acids is 4. The van der Waals surface area contributed by atoms with E-state index in [-0.39, 0.29) is 60.2 Å². The molecular weight excluding hydrogens is 825 g/mol. The van der Waals surface area contributed by atoms with Gasteiger partial charge in [-0.2, -0.15) is 0 Å². The van der Waals surface area contributed by atoms with Crippen molar-refractivity contribution in [3.8, 4) is 0 Å². The van der Waals surface area contributed by atoms with Crippen molar-refractivity contribution in [2.24, 2.45) is 5.92 Å². The molecule has 1 saturated heterocycles. The first-order chi connectivity index (χ1) is 29.1. The minimum absolute atomic E-state index is 0.0431. The Morgan fingerprint density at radius 3 is 1.89 bits per heavy atom. The highest BCUT2D eigenvalue weighted by molar-refractivity contribution is 7.99. The van der Waals surface area contributed by atoms with Gasteiger partial charge in [0.25, 0.3) is 5.91 Å². The number of rotatable bonds is 16. The summed E-state index contributed by atoms with van der Waals surface area (Å²) in [6, 6.07) is 19.0. The zero-order valence-electron chi connectivity index (χ0n) is 35.8. The summed E-state index contributed by atoms with van der Waals surface area (Å²) < 4.78 is 60.7. The molecule has 0 saturated carbocycles. The van der Waals surface area contributed by atoms with Gasteiger partial charge in [0.2, 0.25) is 5.91 Å². The standard InChI is InChI=1S/C45H60N2O12S2/c1-32-6-14-38(15-7-32)60-30-36(31-61(52,53)39-16-8-33(2)9-17-39)42(49)34-10-12-35(13-11-34)43(50)47-40(18-19-41(48)59-45(3,4)5)44(51)46-28-37-29-57-25-24-55-21-20-54-22-23-56-26-27-58-37/h6-17,36-37,40H,18-31H2,1-5H3,(H,46,51)(H,47,50)/t36?,37?,40-/m0/s1. The van der Waals surface area contributed by atoms with Crippen LogP contribution >= 0.6 is 11.8 Å². The monoisotopic (exact) mass is 884 g/mol. The lowest BCUT2D eigenvalue weighted by Gasteiger charge is -2.23. The number of thioether (sulfide) groups is 1. The Balaban J connectivity index is 1.46. The van der Waals surface area contributed by atoms with E-state index in [4.69, 9.17) is 28.4 Å². The highest BCUT2D eigenvalue weighted by Crippen LogP contribution is 2.26. The summed E-state index contributed by atoms with van der Waals surface area (Å²) in [7, 11) is -3.83. The molecule has 1 heterocycles. The molecule has 0 bridgehead atoms. The molecule has 0 spiro atoms. The fourth-order valence-electron chi connectivity index (χ4n) is 5.98. The fraction of sp³-hybridized carbons (Fsp3) is 0.511. The Morgan fingerprint density at radius 1 is 0.754 bits per heavy atom. The minimum Gasteiger partial charge on any atom is -0.460 e. The summed E-state index contributed by atoms with van der Waals surface area (Å²) in [5.41, 5.74) is 1.63. The van der Waals surface area contributed by atoms with Crippen LogP contribution in [0.5, 0.6) is 0 Å². The van der Waals surface area contributed by atoms with Gasteiger partial charge in [0.1, 0.15) is 11.6 Å². The van der Waals surface area contributed by atoms with Gasteiger partial charge in [-0.15, -0.1) is 11.8 Å². The number of hydrogen-bond donors (Lipinski definition) is 2. The van der Waals surface area contributed by atoms with Crippen LogP contribution in [-0.4, -0.2) is 127 Å². The third-order valence-electron chi connectivity index (χ3n) is 9.26. The summed E-state index contributed by atoms with van der Waals surface area (Å²) in [6.45, 7) is 12.2. The maximum atomic E-state index is 14.0. The molecule has 1 aliphatic heterocycles. The van der Waals surface area contributed by atoms with Gasteiger partial charge in [-0.25, -0.2) is 8.42 Å².